The Morgan fingerprint density at radius 1 is 1.05 bits per heavy atom. The number of nitrogens with one attached hydrogen (secondary N) is 1. The molecule has 0 unspecified atom stereocenters. The molecule has 0 aliphatic carbocycles. The van der Waals surface area contributed by atoms with E-state index in [-0.39, 0.29) is 0 Å². The van der Waals surface area contributed by atoms with Crippen LogP contribution in [0.3, 0.4) is 0 Å². The van der Waals surface area contributed by atoms with Crippen LogP contribution in [0.5, 0.6) is 0 Å². The average molecular weight is 295 g/mol. The summed E-state index contributed by atoms with van der Waals surface area (Å²) in [7, 11) is 0. The minimum absolute atomic E-state index is 0.471. The molecule has 0 fully saturated rings. The molecule has 2 rings (SSSR count). The summed E-state index contributed by atoms with van der Waals surface area (Å²) >= 11 is 12.3. The monoisotopic (exact) mass is 294 g/mol. The van der Waals surface area contributed by atoms with Crippen molar-refractivity contribution in [1.82, 2.24) is 0 Å². The van der Waals surface area contributed by atoms with Gasteiger partial charge in [0.2, 0.25) is 0 Å². The maximum Gasteiger partial charge on any atom is 0.0764 e. The van der Waals surface area contributed by atoms with Crippen LogP contribution in [0, 0.1) is 0 Å². The topological polar surface area (TPSA) is 38.0 Å². The summed E-state index contributed by atoms with van der Waals surface area (Å²) in [4.78, 5) is 0. The van der Waals surface area contributed by atoms with Crippen molar-refractivity contribution in [2.75, 3.05) is 11.1 Å². The Kier molecular flexibility index (Phi) is 4.23. The average Bonchev–Trinajstić information content (AvgIpc) is 2.34. The van der Waals surface area contributed by atoms with Gasteiger partial charge in [-0.15, -0.1) is 0 Å². The third-order valence-corrected chi connectivity index (χ3v) is 3.48. The number of nitrogen functional groups attached to an aromatic ring is 1. The summed E-state index contributed by atoms with van der Waals surface area (Å²) in [6, 6.07) is 11.5. The number of anilines is 3. The third-order valence-electron chi connectivity index (χ3n) is 2.89. The van der Waals surface area contributed by atoms with Gasteiger partial charge in [-0.2, -0.15) is 0 Å². The summed E-state index contributed by atoms with van der Waals surface area (Å²) < 4.78 is 0. The van der Waals surface area contributed by atoms with Gasteiger partial charge in [0.25, 0.3) is 0 Å². The smallest absolute Gasteiger partial charge is 0.0764 e. The van der Waals surface area contributed by atoms with E-state index in [1.54, 1.807) is 12.1 Å². The molecule has 3 N–H and O–H groups in total. The SMILES string of the molecule is CC(C)c1cccc(Nc2c(Cl)cc(N)cc2Cl)c1. The molecule has 4 heteroatoms. The first-order valence-corrected chi connectivity index (χ1v) is 6.84. The van der Waals surface area contributed by atoms with E-state index in [4.69, 9.17) is 28.9 Å². The van der Waals surface area contributed by atoms with Gasteiger partial charge >= 0.3 is 0 Å². The van der Waals surface area contributed by atoms with Crippen LogP contribution in [0.25, 0.3) is 0 Å². The van der Waals surface area contributed by atoms with Crippen molar-refractivity contribution in [2.24, 2.45) is 0 Å². The fourth-order valence-electron chi connectivity index (χ4n) is 1.83. The highest BCUT2D eigenvalue weighted by atomic mass is 35.5. The molecule has 0 spiro atoms. The molecule has 0 amide bonds. The lowest BCUT2D eigenvalue weighted by atomic mass is 10.0. The van der Waals surface area contributed by atoms with Crippen molar-refractivity contribution in [2.45, 2.75) is 19.8 Å². The minimum Gasteiger partial charge on any atom is -0.399 e. The van der Waals surface area contributed by atoms with E-state index in [1.807, 2.05) is 12.1 Å². The Morgan fingerprint density at radius 3 is 2.26 bits per heavy atom. The maximum absolute atomic E-state index is 6.16. The van der Waals surface area contributed by atoms with Gasteiger partial charge in [-0.25, -0.2) is 0 Å². The zero-order valence-corrected chi connectivity index (χ0v) is 12.4. The Hall–Kier alpha value is -1.38. The van der Waals surface area contributed by atoms with Crippen molar-refractivity contribution in [3.63, 3.8) is 0 Å². The van der Waals surface area contributed by atoms with Crippen LogP contribution >= 0.6 is 23.2 Å². The number of hydrogen-bond acceptors (Lipinski definition) is 2. The maximum atomic E-state index is 6.16. The number of nitrogens with two attached hydrogens (primary N) is 1. The quantitative estimate of drug-likeness (QED) is 0.740. The lowest BCUT2D eigenvalue weighted by Gasteiger charge is -2.13. The first-order valence-electron chi connectivity index (χ1n) is 6.09. The molecule has 2 aromatic rings. The van der Waals surface area contributed by atoms with E-state index in [1.165, 1.54) is 5.56 Å². The number of benzene rings is 2. The zero-order valence-electron chi connectivity index (χ0n) is 10.9. The Labute approximate surface area is 123 Å². The molecule has 19 heavy (non-hydrogen) atoms. The van der Waals surface area contributed by atoms with Gasteiger partial charge in [0.1, 0.15) is 0 Å². The number of halogens is 2. The first-order chi connectivity index (χ1) is 8.97. The highest BCUT2D eigenvalue weighted by Gasteiger charge is 2.08. The van der Waals surface area contributed by atoms with E-state index < -0.39 is 0 Å². The largest absolute Gasteiger partial charge is 0.399 e. The predicted molar refractivity (Wildman–Crippen MR) is 84.7 cm³/mol. The van der Waals surface area contributed by atoms with E-state index >= 15 is 0 Å². The molecule has 0 radical (unpaired) electrons. The van der Waals surface area contributed by atoms with Gasteiger partial charge in [-0.3, -0.25) is 0 Å². The molecule has 0 bridgehead atoms. The molecule has 0 heterocycles. The summed E-state index contributed by atoms with van der Waals surface area (Å²) in [5.74, 6) is 0.471. The van der Waals surface area contributed by atoms with Crippen molar-refractivity contribution in [1.29, 1.82) is 0 Å². The van der Waals surface area contributed by atoms with Crippen LogP contribution in [0.15, 0.2) is 36.4 Å². The lowest BCUT2D eigenvalue weighted by molar-refractivity contribution is 0.867. The fraction of sp³-hybridized carbons (Fsp3) is 0.200. The highest BCUT2D eigenvalue weighted by molar-refractivity contribution is 6.39. The third kappa shape index (κ3) is 3.34. The van der Waals surface area contributed by atoms with Crippen molar-refractivity contribution >= 4 is 40.3 Å². The molecule has 2 nitrogen and oxygen atoms in total. The van der Waals surface area contributed by atoms with Crippen LogP contribution < -0.4 is 11.1 Å². The molecule has 0 aliphatic heterocycles. The summed E-state index contributed by atoms with van der Waals surface area (Å²) in [6.45, 7) is 4.31. The summed E-state index contributed by atoms with van der Waals surface area (Å²) in [5, 5.41) is 4.27. The predicted octanol–water partition coefficient (Wildman–Crippen LogP) is 5.44. The molecular weight excluding hydrogens is 279 g/mol. The van der Waals surface area contributed by atoms with Gasteiger partial charge in [-0.05, 0) is 35.7 Å². The number of rotatable bonds is 3. The molecule has 0 aliphatic rings. The second-order valence-corrected chi connectivity index (χ2v) is 5.58. The molecular formula is C15H16Cl2N2. The summed E-state index contributed by atoms with van der Waals surface area (Å²) in [6.07, 6.45) is 0. The molecule has 0 atom stereocenters. The van der Waals surface area contributed by atoms with Gasteiger partial charge in [-0.1, -0.05) is 49.2 Å². The second-order valence-electron chi connectivity index (χ2n) is 4.76. The molecule has 100 valence electrons. The molecule has 0 saturated carbocycles. The highest BCUT2D eigenvalue weighted by Crippen LogP contribution is 2.35. The van der Waals surface area contributed by atoms with Gasteiger partial charge < -0.3 is 11.1 Å². The summed E-state index contributed by atoms with van der Waals surface area (Å²) in [5.41, 5.74) is 9.14. The van der Waals surface area contributed by atoms with Gasteiger partial charge in [0.15, 0.2) is 0 Å². The normalized spacial score (nSPS) is 10.8. The van der Waals surface area contributed by atoms with E-state index in [9.17, 15) is 0 Å². The van der Waals surface area contributed by atoms with Crippen LogP contribution in [0.1, 0.15) is 25.3 Å². The van der Waals surface area contributed by atoms with Crippen LogP contribution in [0.2, 0.25) is 10.0 Å². The minimum atomic E-state index is 0.471. The molecule has 2 aromatic carbocycles. The van der Waals surface area contributed by atoms with E-state index in [0.717, 1.165) is 5.69 Å². The zero-order chi connectivity index (χ0) is 14.0. The van der Waals surface area contributed by atoms with E-state index in [0.29, 0.717) is 27.3 Å². The van der Waals surface area contributed by atoms with Gasteiger partial charge in [0.05, 0.1) is 15.7 Å². The van der Waals surface area contributed by atoms with E-state index in [2.05, 4.69) is 31.3 Å². The van der Waals surface area contributed by atoms with Crippen molar-refractivity contribution in [3.05, 3.63) is 52.0 Å². The van der Waals surface area contributed by atoms with Crippen molar-refractivity contribution < 1.29 is 0 Å². The first kappa shape index (κ1) is 14.0. The van der Waals surface area contributed by atoms with Gasteiger partial charge in [0, 0.05) is 11.4 Å². The van der Waals surface area contributed by atoms with Crippen LogP contribution in [-0.2, 0) is 0 Å². The lowest BCUT2D eigenvalue weighted by Crippen LogP contribution is -1.96. The molecule has 0 saturated heterocycles. The molecule has 0 aromatic heterocycles. The standard InChI is InChI=1S/C15H16Cl2N2/c1-9(2)10-4-3-5-12(6-10)19-15-13(16)7-11(18)8-14(15)17/h3-9,19H,18H2,1-2H3. The Morgan fingerprint density at radius 2 is 1.68 bits per heavy atom. The number of hydrogen-bond donors (Lipinski definition) is 2. The van der Waals surface area contributed by atoms with Crippen LogP contribution in [0.4, 0.5) is 17.1 Å². The fourth-order valence-corrected chi connectivity index (χ4v) is 2.43. The Bertz CT molecular complexity index is 571. The van der Waals surface area contributed by atoms with Crippen molar-refractivity contribution in [3.8, 4) is 0 Å². The second kappa shape index (κ2) is 5.72. The Balaban J connectivity index is 2.34. The van der Waals surface area contributed by atoms with Crippen LogP contribution in [-0.4, -0.2) is 0 Å².